The first-order chi connectivity index (χ1) is 7.45. The third-order valence-electron chi connectivity index (χ3n) is 1.89. The first kappa shape index (κ1) is 15.6. The predicted molar refractivity (Wildman–Crippen MR) is 54.2 cm³/mol. The molecule has 0 heterocycles. The van der Waals surface area contributed by atoms with Crippen LogP contribution in [0.3, 0.4) is 0 Å². The van der Waals surface area contributed by atoms with E-state index >= 15 is 0 Å². The Morgan fingerprint density at radius 2 is 1.81 bits per heavy atom. The lowest BCUT2D eigenvalue weighted by Crippen LogP contribution is -2.33. The first-order valence-electron chi connectivity index (χ1n) is 5.04. The van der Waals surface area contributed by atoms with Crippen LogP contribution in [0.5, 0.6) is 0 Å². The van der Waals surface area contributed by atoms with Crippen LogP contribution in [0.4, 0.5) is 13.2 Å². The molecule has 0 aromatic heterocycles. The third kappa shape index (κ3) is 11.7. The highest BCUT2D eigenvalue weighted by atomic mass is 19.4. The normalized spacial score (nSPS) is 12.4. The average Bonchev–Trinajstić information content (AvgIpc) is 2.18. The van der Waals surface area contributed by atoms with Gasteiger partial charge in [-0.25, -0.2) is 0 Å². The maximum atomic E-state index is 11.6. The molecule has 98 valence electrons. The molecule has 0 spiro atoms. The molecular formula is C9H19F3N2O2. The Balaban J connectivity index is 3.20. The minimum atomic E-state index is -4.53. The summed E-state index contributed by atoms with van der Waals surface area (Å²) in [4.78, 5) is 2.03. The van der Waals surface area contributed by atoms with Crippen molar-refractivity contribution in [1.29, 1.82) is 0 Å². The lowest BCUT2D eigenvalue weighted by molar-refractivity contribution is -0.323. The largest absolute Gasteiger partial charge is 0.522 e. The van der Waals surface area contributed by atoms with E-state index in [1.807, 2.05) is 11.9 Å². The average molecular weight is 244 g/mol. The third-order valence-corrected chi connectivity index (χ3v) is 1.89. The number of halogens is 3. The van der Waals surface area contributed by atoms with Gasteiger partial charge in [-0.15, -0.1) is 13.2 Å². The van der Waals surface area contributed by atoms with E-state index in [0.29, 0.717) is 13.2 Å². The van der Waals surface area contributed by atoms with Crippen LogP contribution >= 0.6 is 0 Å². The SMILES string of the molecule is COCCN(C)CCNCCOC(F)(F)F. The van der Waals surface area contributed by atoms with Gasteiger partial charge in [0.1, 0.15) is 0 Å². The van der Waals surface area contributed by atoms with Crippen molar-refractivity contribution in [3.8, 4) is 0 Å². The molecule has 0 aliphatic heterocycles. The zero-order valence-corrected chi connectivity index (χ0v) is 9.64. The summed E-state index contributed by atoms with van der Waals surface area (Å²) in [5.41, 5.74) is 0. The molecule has 0 unspecified atom stereocenters. The second-order valence-electron chi connectivity index (χ2n) is 3.34. The second kappa shape index (κ2) is 8.74. The smallest absolute Gasteiger partial charge is 0.383 e. The molecule has 0 aromatic rings. The predicted octanol–water partition coefficient (Wildman–Crippen LogP) is 0.691. The highest BCUT2D eigenvalue weighted by Crippen LogP contribution is 2.14. The molecule has 0 saturated carbocycles. The van der Waals surface area contributed by atoms with E-state index in [0.717, 1.165) is 13.1 Å². The number of nitrogens with one attached hydrogen (secondary N) is 1. The number of alkyl halides is 3. The number of rotatable bonds is 9. The van der Waals surface area contributed by atoms with Crippen LogP contribution < -0.4 is 5.32 Å². The minimum Gasteiger partial charge on any atom is -0.383 e. The molecular weight excluding hydrogens is 225 g/mol. The Morgan fingerprint density at radius 1 is 1.12 bits per heavy atom. The van der Waals surface area contributed by atoms with Crippen LogP contribution in [-0.4, -0.2) is 64.8 Å². The maximum Gasteiger partial charge on any atom is 0.522 e. The molecule has 0 bridgehead atoms. The molecule has 0 fully saturated rings. The Bertz CT molecular complexity index is 167. The summed E-state index contributed by atoms with van der Waals surface area (Å²) in [7, 11) is 3.55. The van der Waals surface area contributed by atoms with E-state index in [1.54, 1.807) is 7.11 Å². The van der Waals surface area contributed by atoms with Gasteiger partial charge in [-0.05, 0) is 7.05 Å². The highest BCUT2D eigenvalue weighted by molar-refractivity contribution is 4.54. The molecule has 0 aliphatic carbocycles. The minimum absolute atomic E-state index is 0.192. The lowest BCUT2D eigenvalue weighted by Gasteiger charge is -2.16. The molecule has 0 radical (unpaired) electrons. The van der Waals surface area contributed by atoms with Crippen molar-refractivity contribution in [2.75, 3.05) is 53.6 Å². The van der Waals surface area contributed by atoms with E-state index in [1.165, 1.54) is 0 Å². The van der Waals surface area contributed by atoms with E-state index in [9.17, 15) is 13.2 Å². The zero-order valence-electron chi connectivity index (χ0n) is 9.64. The number of hydrogen-bond acceptors (Lipinski definition) is 4. The van der Waals surface area contributed by atoms with Gasteiger partial charge in [-0.3, -0.25) is 4.74 Å². The Kier molecular flexibility index (Phi) is 8.54. The van der Waals surface area contributed by atoms with Gasteiger partial charge in [-0.2, -0.15) is 0 Å². The fraction of sp³-hybridized carbons (Fsp3) is 1.00. The zero-order chi connectivity index (χ0) is 12.4. The lowest BCUT2D eigenvalue weighted by atomic mass is 10.5. The molecule has 1 N–H and O–H groups in total. The van der Waals surface area contributed by atoms with Crippen molar-refractivity contribution in [1.82, 2.24) is 10.2 Å². The van der Waals surface area contributed by atoms with Crippen molar-refractivity contribution in [3.63, 3.8) is 0 Å². The fourth-order valence-corrected chi connectivity index (χ4v) is 0.993. The van der Waals surface area contributed by atoms with Gasteiger partial charge in [0, 0.05) is 33.3 Å². The molecule has 0 rings (SSSR count). The van der Waals surface area contributed by atoms with E-state index in [2.05, 4.69) is 10.1 Å². The summed E-state index contributed by atoms with van der Waals surface area (Å²) in [6, 6.07) is 0. The Hall–Kier alpha value is -0.370. The van der Waals surface area contributed by atoms with Crippen molar-refractivity contribution in [3.05, 3.63) is 0 Å². The molecule has 0 aliphatic rings. The number of nitrogens with zero attached hydrogens (tertiary/aromatic N) is 1. The van der Waals surface area contributed by atoms with Crippen LogP contribution in [0.2, 0.25) is 0 Å². The topological polar surface area (TPSA) is 33.7 Å². The summed E-state index contributed by atoms with van der Waals surface area (Å²) in [6.07, 6.45) is -4.53. The molecule has 0 atom stereocenters. The van der Waals surface area contributed by atoms with Crippen molar-refractivity contribution in [2.45, 2.75) is 6.36 Å². The number of likely N-dealkylation sites (N-methyl/N-ethyl adjacent to an activating group) is 1. The fourth-order valence-electron chi connectivity index (χ4n) is 0.993. The van der Waals surface area contributed by atoms with E-state index in [-0.39, 0.29) is 13.2 Å². The van der Waals surface area contributed by atoms with Gasteiger partial charge in [-0.1, -0.05) is 0 Å². The van der Waals surface area contributed by atoms with Crippen molar-refractivity contribution in [2.24, 2.45) is 0 Å². The Morgan fingerprint density at radius 3 is 2.38 bits per heavy atom. The molecule has 0 saturated heterocycles. The van der Waals surface area contributed by atoms with Gasteiger partial charge in [0.2, 0.25) is 0 Å². The summed E-state index contributed by atoms with van der Waals surface area (Å²) in [5, 5.41) is 2.86. The molecule has 7 heteroatoms. The Labute approximate surface area is 93.7 Å². The van der Waals surface area contributed by atoms with Crippen LogP contribution in [0.1, 0.15) is 0 Å². The van der Waals surface area contributed by atoms with Crippen LogP contribution in [-0.2, 0) is 9.47 Å². The summed E-state index contributed by atoms with van der Waals surface area (Å²) in [5.74, 6) is 0. The maximum absolute atomic E-state index is 11.6. The number of ether oxygens (including phenoxy) is 2. The molecule has 0 aromatic carbocycles. The van der Waals surface area contributed by atoms with E-state index in [4.69, 9.17) is 4.74 Å². The summed E-state index contributed by atoms with van der Waals surface area (Å²) >= 11 is 0. The second-order valence-corrected chi connectivity index (χ2v) is 3.34. The monoisotopic (exact) mass is 244 g/mol. The standard InChI is InChI=1S/C9H19F3N2O2/c1-14(6-8-15-2)5-3-13-4-7-16-9(10,11)12/h13H,3-8H2,1-2H3. The van der Waals surface area contributed by atoms with Crippen LogP contribution in [0, 0.1) is 0 Å². The molecule has 16 heavy (non-hydrogen) atoms. The molecule has 4 nitrogen and oxygen atoms in total. The van der Waals surface area contributed by atoms with E-state index < -0.39 is 6.36 Å². The quantitative estimate of drug-likeness (QED) is 0.605. The first-order valence-corrected chi connectivity index (χ1v) is 5.04. The highest BCUT2D eigenvalue weighted by Gasteiger charge is 2.28. The van der Waals surface area contributed by atoms with Gasteiger partial charge in [0.25, 0.3) is 0 Å². The van der Waals surface area contributed by atoms with Crippen molar-refractivity contribution >= 4 is 0 Å². The number of methoxy groups -OCH3 is 1. The van der Waals surface area contributed by atoms with Gasteiger partial charge < -0.3 is 15.0 Å². The molecule has 0 amide bonds. The van der Waals surface area contributed by atoms with Crippen LogP contribution in [0.15, 0.2) is 0 Å². The van der Waals surface area contributed by atoms with Crippen molar-refractivity contribution < 1.29 is 22.6 Å². The summed E-state index contributed by atoms with van der Waals surface area (Å²) in [6.45, 7) is 2.67. The van der Waals surface area contributed by atoms with Gasteiger partial charge in [0.15, 0.2) is 0 Å². The van der Waals surface area contributed by atoms with Crippen LogP contribution in [0.25, 0.3) is 0 Å². The number of hydrogen-bond donors (Lipinski definition) is 1. The van der Waals surface area contributed by atoms with Gasteiger partial charge >= 0.3 is 6.36 Å². The van der Waals surface area contributed by atoms with Gasteiger partial charge in [0.05, 0.1) is 13.2 Å². The summed E-state index contributed by atoms with van der Waals surface area (Å²) < 4.78 is 43.2.